The lowest BCUT2D eigenvalue weighted by Gasteiger charge is -1.90. The first-order chi connectivity index (χ1) is 4.88. The summed E-state index contributed by atoms with van der Waals surface area (Å²) in [6.45, 7) is 4.25. The van der Waals surface area contributed by atoms with Gasteiger partial charge in [-0.1, -0.05) is 20.3 Å². The Bertz CT molecular complexity index is 36.3. The van der Waals surface area contributed by atoms with E-state index in [0.29, 0.717) is 0 Å². The molecule has 0 fully saturated rings. The van der Waals surface area contributed by atoms with Gasteiger partial charge >= 0.3 is 0 Å². The molecule has 2 N–H and O–H groups in total. The van der Waals surface area contributed by atoms with Gasteiger partial charge < -0.3 is 15.3 Å². The molecule has 0 aromatic heterocycles. The summed E-state index contributed by atoms with van der Waals surface area (Å²) < 4.78 is 0. The summed E-state index contributed by atoms with van der Waals surface area (Å²) in [4.78, 5) is 4.00. The van der Waals surface area contributed by atoms with E-state index in [1.165, 1.54) is 6.42 Å². The lowest BCUT2D eigenvalue weighted by molar-refractivity contribution is 0.505. The van der Waals surface area contributed by atoms with E-state index in [4.69, 9.17) is 0 Å². The van der Waals surface area contributed by atoms with Crippen LogP contribution in [0.1, 0.15) is 20.3 Å². The molecular formula is C9H28N2O. The van der Waals surface area contributed by atoms with Gasteiger partial charge in [-0.2, -0.15) is 0 Å². The second kappa shape index (κ2) is 22.4. The zero-order chi connectivity index (χ0) is 9.86. The smallest absolute Gasteiger partial charge is 0.0140 e. The van der Waals surface area contributed by atoms with E-state index in [0.717, 1.165) is 0 Å². The van der Waals surface area contributed by atoms with Crippen molar-refractivity contribution < 1.29 is 5.48 Å². The van der Waals surface area contributed by atoms with E-state index in [1.54, 1.807) is 0 Å². The van der Waals surface area contributed by atoms with Gasteiger partial charge in [-0.05, 0) is 42.3 Å². The predicted molar refractivity (Wildman–Crippen MR) is 58.8 cm³/mol. The minimum atomic E-state index is 0. The summed E-state index contributed by atoms with van der Waals surface area (Å²) in [6, 6.07) is 0. The van der Waals surface area contributed by atoms with Crippen LogP contribution in [0.4, 0.5) is 0 Å². The number of hydrogen-bond donors (Lipinski definition) is 0. The molecule has 0 aromatic carbocycles. The van der Waals surface area contributed by atoms with E-state index in [9.17, 15) is 0 Å². The summed E-state index contributed by atoms with van der Waals surface area (Å²) in [6.07, 6.45) is 1.25. The van der Waals surface area contributed by atoms with Crippen molar-refractivity contribution in [1.82, 2.24) is 9.80 Å². The van der Waals surface area contributed by atoms with Crippen LogP contribution >= 0.6 is 0 Å². The first-order valence-electron chi connectivity index (χ1n) is 4.10. The lowest BCUT2D eigenvalue weighted by Crippen LogP contribution is -1.99. The molecule has 0 aliphatic carbocycles. The molecule has 3 heteroatoms. The quantitative estimate of drug-likeness (QED) is 0.556. The number of nitrogens with zero attached hydrogens (tertiary/aromatic N) is 2. The van der Waals surface area contributed by atoms with Crippen molar-refractivity contribution in [1.29, 1.82) is 0 Å². The highest BCUT2D eigenvalue weighted by molar-refractivity contribution is 4.09. The average molecular weight is 180 g/mol. The van der Waals surface area contributed by atoms with Crippen LogP contribution in [-0.2, 0) is 0 Å². The van der Waals surface area contributed by atoms with Crippen molar-refractivity contribution in [3.63, 3.8) is 0 Å². The van der Waals surface area contributed by atoms with E-state index < -0.39 is 0 Å². The standard InChI is InChI=1S/2C3H9N.C3H8.H2O/c2*1-4(2)3;1-3-2;/h2*1-3H3;3H2,1-2H3;1H2. The van der Waals surface area contributed by atoms with Crippen molar-refractivity contribution in [2.45, 2.75) is 20.3 Å². The summed E-state index contributed by atoms with van der Waals surface area (Å²) in [5.41, 5.74) is 0. The zero-order valence-electron chi connectivity index (χ0n) is 10.1. The SMILES string of the molecule is CCC.CN(C)C.CN(C)C.O. The molecule has 0 heterocycles. The van der Waals surface area contributed by atoms with Crippen LogP contribution in [0.5, 0.6) is 0 Å². The molecule has 0 aliphatic heterocycles. The van der Waals surface area contributed by atoms with Gasteiger partial charge in [-0.25, -0.2) is 0 Å². The Morgan fingerprint density at radius 2 is 0.667 bits per heavy atom. The van der Waals surface area contributed by atoms with Crippen LogP contribution in [0.3, 0.4) is 0 Å². The second-order valence-electron chi connectivity index (χ2n) is 3.39. The van der Waals surface area contributed by atoms with Gasteiger partial charge in [-0.3, -0.25) is 0 Å². The molecule has 0 saturated carbocycles. The van der Waals surface area contributed by atoms with Crippen LogP contribution in [0.15, 0.2) is 0 Å². The van der Waals surface area contributed by atoms with Crippen molar-refractivity contribution in [2.75, 3.05) is 42.3 Å². The molecule has 0 atom stereocenters. The third-order valence-electron chi connectivity index (χ3n) is 0. The molecule has 0 unspecified atom stereocenters. The largest absolute Gasteiger partial charge is 0.412 e. The molecule has 0 aliphatic rings. The van der Waals surface area contributed by atoms with E-state index in [1.807, 2.05) is 52.1 Å². The van der Waals surface area contributed by atoms with E-state index >= 15 is 0 Å². The Hall–Kier alpha value is -0.120. The summed E-state index contributed by atoms with van der Waals surface area (Å²) in [5.74, 6) is 0. The van der Waals surface area contributed by atoms with Gasteiger partial charge in [0.2, 0.25) is 0 Å². The van der Waals surface area contributed by atoms with Crippen molar-refractivity contribution >= 4 is 0 Å². The maximum atomic E-state index is 2.12. The predicted octanol–water partition coefficient (Wildman–Crippen LogP) is 0.947. The van der Waals surface area contributed by atoms with Gasteiger partial charge in [0.05, 0.1) is 0 Å². The van der Waals surface area contributed by atoms with Gasteiger partial charge in [0.25, 0.3) is 0 Å². The molecule has 0 spiro atoms. The summed E-state index contributed by atoms with van der Waals surface area (Å²) in [7, 11) is 12.0. The van der Waals surface area contributed by atoms with Gasteiger partial charge in [0.15, 0.2) is 0 Å². The molecule has 0 saturated heterocycles. The molecule has 0 aromatic rings. The van der Waals surface area contributed by atoms with Gasteiger partial charge in [-0.15, -0.1) is 0 Å². The average Bonchev–Trinajstić information content (AvgIpc) is 1.60. The molecular weight excluding hydrogens is 152 g/mol. The van der Waals surface area contributed by atoms with Crippen molar-refractivity contribution in [2.24, 2.45) is 0 Å². The summed E-state index contributed by atoms with van der Waals surface area (Å²) in [5, 5.41) is 0. The molecule has 3 nitrogen and oxygen atoms in total. The topological polar surface area (TPSA) is 38.0 Å². The highest BCUT2D eigenvalue weighted by Gasteiger charge is 1.58. The fourth-order valence-electron chi connectivity index (χ4n) is 0. The minimum Gasteiger partial charge on any atom is -0.412 e. The second-order valence-corrected chi connectivity index (χ2v) is 3.39. The highest BCUT2D eigenvalue weighted by atomic mass is 16.0. The number of hydrogen-bond acceptors (Lipinski definition) is 2. The normalized spacial score (nSPS) is 7.50. The monoisotopic (exact) mass is 180 g/mol. The Morgan fingerprint density at radius 1 is 0.667 bits per heavy atom. The molecule has 0 amide bonds. The van der Waals surface area contributed by atoms with E-state index in [-0.39, 0.29) is 5.48 Å². The van der Waals surface area contributed by atoms with Crippen LogP contribution in [0.25, 0.3) is 0 Å². The molecule has 80 valence electrons. The summed E-state index contributed by atoms with van der Waals surface area (Å²) >= 11 is 0. The molecule has 12 heavy (non-hydrogen) atoms. The van der Waals surface area contributed by atoms with E-state index in [2.05, 4.69) is 13.8 Å². The van der Waals surface area contributed by atoms with Crippen LogP contribution < -0.4 is 0 Å². The van der Waals surface area contributed by atoms with Crippen molar-refractivity contribution in [3.8, 4) is 0 Å². The fourth-order valence-corrected chi connectivity index (χ4v) is 0. The third-order valence-corrected chi connectivity index (χ3v) is 0. The van der Waals surface area contributed by atoms with Crippen LogP contribution in [0, 0.1) is 0 Å². The number of rotatable bonds is 0. The zero-order valence-corrected chi connectivity index (χ0v) is 10.1. The Balaban J connectivity index is -0.0000000389. The fraction of sp³-hybridized carbons (Fsp3) is 1.00. The lowest BCUT2D eigenvalue weighted by atomic mass is 10.6. The van der Waals surface area contributed by atoms with Gasteiger partial charge in [0.1, 0.15) is 0 Å². The Kier molecular flexibility index (Phi) is 42.3. The third kappa shape index (κ3) is 54100. The van der Waals surface area contributed by atoms with Gasteiger partial charge in [0, 0.05) is 0 Å². The van der Waals surface area contributed by atoms with Crippen LogP contribution in [-0.4, -0.2) is 57.6 Å². The van der Waals surface area contributed by atoms with Crippen LogP contribution in [0.2, 0.25) is 0 Å². The first kappa shape index (κ1) is 22.6. The molecule has 0 bridgehead atoms. The Labute approximate surface area is 78.7 Å². The minimum absolute atomic E-state index is 0. The highest BCUT2D eigenvalue weighted by Crippen LogP contribution is 1.56. The maximum Gasteiger partial charge on any atom is -0.0140 e. The maximum absolute atomic E-state index is 2.12. The molecule has 0 radical (unpaired) electrons. The Morgan fingerprint density at radius 3 is 0.667 bits per heavy atom. The first-order valence-corrected chi connectivity index (χ1v) is 4.10. The molecule has 0 rings (SSSR count). The van der Waals surface area contributed by atoms with Crippen molar-refractivity contribution in [3.05, 3.63) is 0 Å².